The fraction of sp³-hybridized carbons (Fsp3) is 0.238. The van der Waals surface area contributed by atoms with Gasteiger partial charge in [-0.15, -0.1) is 0 Å². The summed E-state index contributed by atoms with van der Waals surface area (Å²) in [5.41, 5.74) is 0.906. The molecule has 0 unspecified atom stereocenters. The minimum Gasteiger partial charge on any atom is -0.493 e. The number of nitrogens with one attached hydrogen (secondary N) is 1. The fourth-order valence-corrected chi connectivity index (χ4v) is 3.30. The zero-order valence-electron chi connectivity index (χ0n) is 17.2. The standard InChI is InChI=1S/C21H22ClIN2O5/c1-25(2)21(27)16(24-20(26)14-11-13(23)6-7-15(14)22)8-12-9-17(28-3)19(30-5)18(10-12)29-4/h6-11H,1-5H3,(H,24,26)/b16-8-. The van der Waals surface area contributed by atoms with Crippen LogP contribution in [0.5, 0.6) is 17.2 Å². The van der Waals surface area contributed by atoms with E-state index in [9.17, 15) is 9.59 Å². The Morgan fingerprint density at radius 3 is 2.13 bits per heavy atom. The molecule has 2 rings (SSSR count). The van der Waals surface area contributed by atoms with E-state index in [1.165, 1.54) is 32.3 Å². The molecule has 0 heterocycles. The monoisotopic (exact) mass is 544 g/mol. The molecule has 160 valence electrons. The van der Waals surface area contributed by atoms with Crippen LogP contribution in [0.2, 0.25) is 5.02 Å². The van der Waals surface area contributed by atoms with Gasteiger partial charge < -0.3 is 24.4 Å². The van der Waals surface area contributed by atoms with Gasteiger partial charge in [0.05, 0.1) is 31.9 Å². The molecule has 0 fully saturated rings. The zero-order chi connectivity index (χ0) is 22.4. The quantitative estimate of drug-likeness (QED) is 0.424. The maximum absolute atomic E-state index is 12.8. The highest BCUT2D eigenvalue weighted by Gasteiger charge is 2.19. The minimum atomic E-state index is -0.493. The van der Waals surface area contributed by atoms with Gasteiger partial charge in [-0.25, -0.2) is 0 Å². The average molecular weight is 545 g/mol. The first-order chi connectivity index (χ1) is 14.2. The summed E-state index contributed by atoms with van der Waals surface area (Å²) in [6.45, 7) is 0. The van der Waals surface area contributed by atoms with Crippen molar-refractivity contribution in [2.45, 2.75) is 0 Å². The van der Waals surface area contributed by atoms with Crippen molar-refractivity contribution in [3.8, 4) is 17.2 Å². The maximum Gasteiger partial charge on any atom is 0.269 e. The van der Waals surface area contributed by atoms with E-state index in [0.29, 0.717) is 22.8 Å². The lowest BCUT2D eigenvalue weighted by Gasteiger charge is -2.16. The number of rotatable bonds is 7. The highest BCUT2D eigenvalue weighted by molar-refractivity contribution is 14.1. The highest BCUT2D eigenvalue weighted by Crippen LogP contribution is 2.38. The number of halogens is 2. The number of carbonyl (C=O) groups excluding carboxylic acids is 2. The van der Waals surface area contributed by atoms with Gasteiger partial charge in [0, 0.05) is 17.7 Å². The Bertz CT molecular complexity index is 966. The van der Waals surface area contributed by atoms with Gasteiger partial charge in [0.2, 0.25) is 5.75 Å². The Kier molecular flexibility index (Phi) is 8.36. The van der Waals surface area contributed by atoms with Crippen molar-refractivity contribution in [2.24, 2.45) is 0 Å². The molecule has 2 aromatic rings. The normalized spacial score (nSPS) is 11.0. The Balaban J connectivity index is 2.52. The summed E-state index contributed by atoms with van der Waals surface area (Å²) in [5.74, 6) is 0.386. The molecule has 0 radical (unpaired) electrons. The predicted molar refractivity (Wildman–Crippen MR) is 124 cm³/mol. The van der Waals surface area contributed by atoms with Gasteiger partial charge in [-0.3, -0.25) is 9.59 Å². The minimum absolute atomic E-state index is 0.0641. The Morgan fingerprint density at radius 1 is 1.03 bits per heavy atom. The first-order valence-corrected chi connectivity index (χ1v) is 10.2. The van der Waals surface area contributed by atoms with Gasteiger partial charge >= 0.3 is 0 Å². The SMILES string of the molecule is COc1cc(/C=C(\NC(=O)c2cc(I)ccc2Cl)C(=O)N(C)C)cc(OC)c1OC. The van der Waals surface area contributed by atoms with Crippen LogP contribution in [0.1, 0.15) is 15.9 Å². The molecule has 0 aliphatic rings. The molecule has 9 heteroatoms. The van der Waals surface area contributed by atoms with Gasteiger partial charge in [0.25, 0.3) is 11.8 Å². The third kappa shape index (κ3) is 5.57. The summed E-state index contributed by atoms with van der Waals surface area (Å²) >= 11 is 8.25. The summed E-state index contributed by atoms with van der Waals surface area (Å²) in [6.07, 6.45) is 1.53. The molecule has 0 saturated heterocycles. The zero-order valence-corrected chi connectivity index (χ0v) is 20.1. The second-order valence-electron chi connectivity index (χ2n) is 6.29. The molecular weight excluding hydrogens is 523 g/mol. The first kappa shape index (κ1) is 23.8. The lowest BCUT2D eigenvalue weighted by atomic mass is 10.1. The van der Waals surface area contributed by atoms with E-state index in [1.54, 1.807) is 44.4 Å². The van der Waals surface area contributed by atoms with Crippen LogP contribution in [0.4, 0.5) is 0 Å². The van der Waals surface area contributed by atoms with Crippen LogP contribution in [-0.2, 0) is 4.79 Å². The lowest BCUT2D eigenvalue weighted by molar-refractivity contribution is -0.124. The van der Waals surface area contributed by atoms with E-state index < -0.39 is 5.91 Å². The molecule has 0 bridgehead atoms. The Morgan fingerprint density at radius 2 is 1.63 bits per heavy atom. The molecule has 2 amide bonds. The number of nitrogens with zero attached hydrogens (tertiary/aromatic N) is 1. The summed E-state index contributed by atoms with van der Waals surface area (Å²) in [4.78, 5) is 26.9. The van der Waals surface area contributed by atoms with Crippen LogP contribution in [0.15, 0.2) is 36.0 Å². The molecule has 1 N–H and O–H groups in total. The van der Waals surface area contributed by atoms with Gasteiger partial charge in [-0.2, -0.15) is 0 Å². The average Bonchev–Trinajstić information content (AvgIpc) is 2.73. The van der Waals surface area contributed by atoms with Crippen molar-refractivity contribution < 1.29 is 23.8 Å². The van der Waals surface area contributed by atoms with Crippen LogP contribution >= 0.6 is 34.2 Å². The van der Waals surface area contributed by atoms with Crippen LogP contribution in [0, 0.1) is 3.57 Å². The van der Waals surface area contributed by atoms with E-state index in [1.807, 2.05) is 0 Å². The van der Waals surface area contributed by atoms with E-state index >= 15 is 0 Å². The number of hydrogen-bond donors (Lipinski definition) is 1. The number of hydrogen-bond acceptors (Lipinski definition) is 5. The van der Waals surface area contributed by atoms with Crippen LogP contribution < -0.4 is 19.5 Å². The topological polar surface area (TPSA) is 77.1 Å². The number of amides is 2. The van der Waals surface area contributed by atoms with Crippen molar-refractivity contribution in [1.82, 2.24) is 10.2 Å². The molecule has 0 aromatic heterocycles. The van der Waals surface area contributed by atoms with Crippen molar-refractivity contribution in [2.75, 3.05) is 35.4 Å². The largest absolute Gasteiger partial charge is 0.493 e. The van der Waals surface area contributed by atoms with E-state index in [2.05, 4.69) is 27.9 Å². The third-order valence-electron chi connectivity index (χ3n) is 4.06. The molecular formula is C21H22ClIN2O5. The van der Waals surface area contributed by atoms with Crippen LogP contribution in [0.3, 0.4) is 0 Å². The Hall–Kier alpha value is -2.46. The molecule has 7 nitrogen and oxygen atoms in total. The second kappa shape index (κ2) is 10.5. The van der Waals surface area contributed by atoms with Crippen LogP contribution in [0.25, 0.3) is 6.08 Å². The summed E-state index contributed by atoms with van der Waals surface area (Å²) in [7, 11) is 7.68. The van der Waals surface area contributed by atoms with Crippen molar-refractivity contribution in [1.29, 1.82) is 0 Å². The van der Waals surface area contributed by atoms with Crippen molar-refractivity contribution in [3.05, 3.63) is 55.7 Å². The summed E-state index contributed by atoms with van der Waals surface area (Å²) < 4.78 is 16.9. The molecule has 0 spiro atoms. The number of methoxy groups -OCH3 is 3. The van der Waals surface area contributed by atoms with E-state index in [-0.39, 0.29) is 22.2 Å². The number of carbonyl (C=O) groups is 2. The molecule has 0 saturated carbocycles. The summed E-state index contributed by atoms with van der Waals surface area (Å²) in [5, 5.41) is 2.95. The van der Waals surface area contributed by atoms with Gasteiger partial charge in [-0.05, 0) is 64.6 Å². The lowest BCUT2D eigenvalue weighted by Crippen LogP contribution is -2.34. The maximum atomic E-state index is 12.8. The second-order valence-corrected chi connectivity index (χ2v) is 7.95. The van der Waals surface area contributed by atoms with Crippen molar-refractivity contribution >= 4 is 52.1 Å². The smallest absolute Gasteiger partial charge is 0.269 e. The first-order valence-electron chi connectivity index (χ1n) is 8.71. The van der Waals surface area contributed by atoms with Gasteiger partial charge in [0.15, 0.2) is 11.5 Å². The fourth-order valence-electron chi connectivity index (χ4n) is 2.60. The summed E-state index contributed by atoms with van der Waals surface area (Å²) in [6, 6.07) is 8.42. The Labute approximate surface area is 194 Å². The molecule has 0 atom stereocenters. The molecule has 2 aromatic carbocycles. The van der Waals surface area contributed by atoms with Crippen LogP contribution in [-0.4, -0.2) is 52.1 Å². The van der Waals surface area contributed by atoms with E-state index in [0.717, 1.165) is 3.57 Å². The number of benzene rings is 2. The molecule has 0 aliphatic heterocycles. The number of ether oxygens (including phenoxy) is 3. The van der Waals surface area contributed by atoms with Gasteiger partial charge in [-0.1, -0.05) is 11.6 Å². The molecule has 0 aliphatic carbocycles. The highest BCUT2D eigenvalue weighted by atomic mass is 127. The molecule has 30 heavy (non-hydrogen) atoms. The number of likely N-dealkylation sites (N-methyl/N-ethyl adjacent to an activating group) is 1. The third-order valence-corrected chi connectivity index (χ3v) is 5.06. The van der Waals surface area contributed by atoms with Gasteiger partial charge in [0.1, 0.15) is 5.70 Å². The van der Waals surface area contributed by atoms with Crippen molar-refractivity contribution in [3.63, 3.8) is 0 Å². The predicted octanol–water partition coefficient (Wildman–Crippen LogP) is 3.83. The van der Waals surface area contributed by atoms with E-state index in [4.69, 9.17) is 25.8 Å².